The summed E-state index contributed by atoms with van der Waals surface area (Å²) in [5.74, 6) is -1.59. The molecule has 1 fully saturated rings. The van der Waals surface area contributed by atoms with E-state index in [0.717, 1.165) is 25.2 Å². The molecule has 2 aromatic rings. The predicted octanol–water partition coefficient (Wildman–Crippen LogP) is 2.51. The fourth-order valence-corrected chi connectivity index (χ4v) is 2.72. The molecule has 0 radical (unpaired) electrons. The number of piperazine rings is 1. The predicted molar refractivity (Wildman–Crippen MR) is 76.6 cm³/mol. The minimum atomic E-state index is -0.801. The van der Waals surface area contributed by atoms with Crippen molar-refractivity contribution >= 4 is 0 Å². The molecule has 0 saturated carbocycles. The van der Waals surface area contributed by atoms with Crippen LogP contribution in [-0.2, 0) is 6.54 Å². The summed E-state index contributed by atoms with van der Waals surface area (Å²) < 4.78 is 26.4. The van der Waals surface area contributed by atoms with E-state index in [1.807, 2.05) is 12.1 Å². The lowest BCUT2D eigenvalue weighted by molar-refractivity contribution is 0.153. The van der Waals surface area contributed by atoms with E-state index >= 15 is 0 Å². The zero-order valence-electron chi connectivity index (χ0n) is 11.6. The topological polar surface area (TPSA) is 28.2 Å². The Labute approximate surface area is 122 Å². The van der Waals surface area contributed by atoms with Gasteiger partial charge in [0.1, 0.15) is 0 Å². The Hall–Kier alpha value is -1.85. The summed E-state index contributed by atoms with van der Waals surface area (Å²) in [4.78, 5) is 6.32. The van der Waals surface area contributed by atoms with Crippen molar-refractivity contribution in [2.45, 2.75) is 12.6 Å². The molecule has 1 saturated heterocycles. The van der Waals surface area contributed by atoms with Gasteiger partial charge in [0.25, 0.3) is 0 Å². The van der Waals surface area contributed by atoms with Crippen LogP contribution in [0.1, 0.15) is 17.2 Å². The molecule has 3 rings (SSSR count). The van der Waals surface area contributed by atoms with Gasteiger partial charge in [-0.25, -0.2) is 8.78 Å². The molecule has 1 aliphatic heterocycles. The number of benzene rings is 1. The number of nitrogens with one attached hydrogen (secondary N) is 1. The first-order valence-corrected chi connectivity index (χ1v) is 7.02. The first-order chi connectivity index (χ1) is 10.2. The highest BCUT2D eigenvalue weighted by Crippen LogP contribution is 2.24. The summed E-state index contributed by atoms with van der Waals surface area (Å²) >= 11 is 0. The van der Waals surface area contributed by atoms with E-state index in [9.17, 15) is 8.78 Å². The van der Waals surface area contributed by atoms with Gasteiger partial charge in [-0.05, 0) is 35.4 Å². The van der Waals surface area contributed by atoms with E-state index in [2.05, 4.69) is 15.2 Å². The van der Waals surface area contributed by atoms with Crippen LogP contribution in [0, 0.1) is 11.6 Å². The van der Waals surface area contributed by atoms with Crippen molar-refractivity contribution in [2.75, 3.05) is 19.6 Å². The molecule has 1 unspecified atom stereocenters. The van der Waals surface area contributed by atoms with Gasteiger partial charge >= 0.3 is 0 Å². The summed E-state index contributed by atoms with van der Waals surface area (Å²) in [7, 11) is 0. The standard InChI is InChI=1S/C16H17F2N3/c17-14-2-1-12(9-15(14)18)11-21-8-7-20-10-16(21)13-3-5-19-6-4-13/h1-6,9,16,20H,7-8,10-11H2. The van der Waals surface area contributed by atoms with E-state index in [0.29, 0.717) is 6.54 Å². The van der Waals surface area contributed by atoms with E-state index in [4.69, 9.17) is 0 Å². The van der Waals surface area contributed by atoms with Crippen LogP contribution in [0.2, 0.25) is 0 Å². The van der Waals surface area contributed by atoms with Crippen LogP contribution in [0.3, 0.4) is 0 Å². The third-order valence-electron chi connectivity index (χ3n) is 3.81. The average Bonchev–Trinajstić information content (AvgIpc) is 2.52. The smallest absolute Gasteiger partial charge is 0.159 e. The third kappa shape index (κ3) is 3.25. The van der Waals surface area contributed by atoms with Crippen LogP contribution >= 0.6 is 0 Å². The molecule has 1 aromatic carbocycles. The minimum absolute atomic E-state index is 0.217. The van der Waals surface area contributed by atoms with Gasteiger partial charge in [0.15, 0.2) is 11.6 Å². The van der Waals surface area contributed by atoms with Gasteiger partial charge in [-0.2, -0.15) is 0 Å². The van der Waals surface area contributed by atoms with Gasteiger partial charge < -0.3 is 5.32 Å². The Kier molecular flexibility index (Phi) is 4.22. The molecule has 1 N–H and O–H groups in total. The SMILES string of the molecule is Fc1ccc(CN2CCNCC2c2ccncc2)cc1F. The van der Waals surface area contributed by atoms with Gasteiger partial charge in [-0.15, -0.1) is 0 Å². The number of hydrogen-bond acceptors (Lipinski definition) is 3. The fraction of sp³-hybridized carbons (Fsp3) is 0.312. The lowest BCUT2D eigenvalue weighted by atomic mass is 10.0. The lowest BCUT2D eigenvalue weighted by Gasteiger charge is -2.36. The van der Waals surface area contributed by atoms with Crippen molar-refractivity contribution in [3.63, 3.8) is 0 Å². The Morgan fingerprint density at radius 1 is 1.14 bits per heavy atom. The normalized spacial score (nSPS) is 19.6. The monoisotopic (exact) mass is 289 g/mol. The summed E-state index contributed by atoms with van der Waals surface area (Å²) in [6.07, 6.45) is 3.55. The second kappa shape index (κ2) is 6.28. The maximum atomic E-state index is 13.3. The van der Waals surface area contributed by atoms with Crippen LogP contribution in [0.25, 0.3) is 0 Å². The number of hydrogen-bond donors (Lipinski definition) is 1. The Morgan fingerprint density at radius 3 is 2.71 bits per heavy atom. The van der Waals surface area contributed by atoms with Crippen molar-refractivity contribution in [2.24, 2.45) is 0 Å². The molecule has 0 aliphatic carbocycles. The van der Waals surface area contributed by atoms with E-state index in [-0.39, 0.29) is 6.04 Å². The first kappa shape index (κ1) is 14.1. The molecule has 1 aliphatic rings. The molecule has 2 heterocycles. The molecular formula is C16H17F2N3. The summed E-state index contributed by atoms with van der Waals surface area (Å²) in [6, 6.07) is 8.32. The molecule has 0 amide bonds. The Bertz CT molecular complexity index is 604. The van der Waals surface area contributed by atoms with E-state index in [1.165, 1.54) is 17.7 Å². The van der Waals surface area contributed by atoms with Gasteiger partial charge in [0.05, 0.1) is 0 Å². The number of rotatable bonds is 3. The number of nitrogens with zero attached hydrogens (tertiary/aromatic N) is 2. The van der Waals surface area contributed by atoms with Crippen molar-refractivity contribution in [3.05, 3.63) is 65.5 Å². The number of aromatic nitrogens is 1. The highest BCUT2D eigenvalue weighted by Gasteiger charge is 2.23. The van der Waals surface area contributed by atoms with Crippen LogP contribution in [0.15, 0.2) is 42.7 Å². The first-order valence-electron chi connectivity index (χ1n) is 7.02. The third-order valence-corrected chi connectivity index (χ3v) is 3.81. The van der Waals surface area contributed by atoms with Crippen LogP contribution in [0.5, 0.6) is 0 Å². The molecule has 21 heavy (non-hydrogen) atoms. The zero-order chi connectivity index (χ0) is 14.7. The van der Waals surface area contributed by atoms with E-state index < -0.39 is 11.6 Å². The zero-order valence-corrected chi connectivity index (χ0v) is 11.6. The largest absolute Gasteiger partial charge is 0.314 e. The van der Waals surface area contributed by atoms with Gasteiger partial charge in [-0.3, -0.25) is 9.88 Å². The molecule has 3 nitrogen and oxygen atoms in total. The van der Waals surface area contributed by atoms with Crippen molar-refractivity contribution in [3.8, 4) is 0 Å². The van der Waals surface area contributed by atoms with Crippen LogP contribution in [0.4, 0.5) is 8.78 Å². The Morgan fingerprint density at radius 2 is 1.95 bits per heavy atom. The average molecular weight is 289 g/mol. The lowest BCUT2D eigenvalue weighted by Crippen LogP contribution is -2.45. The molecule has 0 spiro atoms. The van der Waals surface area contributed by atoms with Gasteiger partial charge in [0.2, 0.25) is 0 Å². The summed E-state index contributed by atoms with van der Waals surface area (Å²) in [6.45, 7) is 3.21. The maximum Gasteiger partial charge on any atom is 0.159 e. The highest BCUT2D eigenvalue weighted by molar-refractivity contribution is 5.20. The van der Waals surface area contributed by atoms with Crippen molar-refractivity contribution in [1.82, 2.24) is 15.2 Å². The number of pyridine rings is 1. The summed E-state index contributed by atoms with van der Waals surface area (Å²) in [5, 5.41) is 3.37. The summed E-state index contributed by atoms with van der Waals surface area (Å²) in [5.41, 5.74) is 1.97. The highest BCUT2D eigenvalue weighted by atomic mass is 19.2. The van der Waals surface area contributed by atoms with Crippen LogP contribution in [-0.4, -0.2) is 29.5 Å². The number of halogens is 2. The molecule has 5 heteroatoms. The second-order valence-corrected chi connectivity index (χ2v) is 5.22. The maximum absolute atomic E-state index is 13.3. The molecule has 1 aromatic heterocycles. The molecular weight excluding hydrogens is 272 g/mol. The molecule has 110 valence electrons. The van der Waals surface area contributed by atoms with Gasteiger partial charge in [-0.1, -0.05) is 6.07 Å². The quantitative estimate of drug-likeness (QED) is 0.941. The van der Waals surface area contributed by atoms with Crippen molar-refractivity contribution in [1.29, 1.82) is 0 Å². The molecule has 1 atom stereocenters. The Balaban J connectivity index is 1.79. The van der Waals surface area contributed by atoms with Gasteiger partial charge in [0, 0.05) is 44.6 Å². The second-order valence-electron chi connectivity index (χ2n) is 5.22. The fourth-order valence-electron chi connectivity index (χ4n) is 2.72. The minimum Gasteiger partial charge on any atom is -0.314 e. The van der Waals surface area contributed by atoms with E-state index in [1.54, 1.807) is 18.5 Å². The van der Waals surface area contributed by atoms with Crippen LogP contribution < -0.4 is 5.32 Å². The van der Waals surface area contributed by atoms with Crippen molar-refractivity contribution < 1.29 is 8.78 Å². The molecule has 0 bridgehead atoms.